The first-order chi connectivity index (χ1) is 29.4. The fourth-order valence-electron chi connectivity index (χ4n) is 7.63. The summed E-state index contributed by atoms with van der Waals surface area (Å²) in [6.07, 6.45) is 13.2. The number of pyridine rings is 2. The Bertz CT molecular complexity index is 2640. The molecule has 1 saturated carbocycles. The summed E-state index contributed by atoms with van der Waals surface area (Å²) in [4.78, 5) is 79.0. The number of aryl methyl sites for hydroxylation is 3. The number of aliphatic hydroxyl groups is 1. The zero-order valence-electron chi connectivity index (χ0n) is 34.5. The fourth-order valence-corrected chi connectivity index (χ4v) is 8.56. The highest BCUT2D eigenvalue weighted by Gasteiger charge is 2.38. The highest BCUT2D eigenvalue weighted by molar-refractivity contribution is 8.00. The van der Waals surface area contributed by atoms with Gasteiger partial charge in [-0.15, -0.1) is 11.8 Å². The molecule has 2 atom stereocenters. The monoisotopic (exact) mass is 847 g/mol. The van der Waals surface area contributed by atoms with Crippen molar-refractivity contribution in [2.24, 2.45) is 5.92 Å². The van der Waals surface area contributed by atoms with E-state index in [0.29, 0.717) is 47.3 Å². The summed E-state index contributed by atoms with van der Waals surface area (Å²) in [6, 6.07) is 13.1. The number of anilines is 4. The van der Waals surface area contributed by atoms with Gasteiger partial charge in [0.1, 0.15) is 29.0 Å². The topological polar surface area (TPSA) is 220 Å². The Morgan fingerprint density at radius 1 is 0.984 bits per heavy atom. The van der Waals surface area contributed by atoms with E-state index in [1.807, 2.05) is 58.0 Å². The zero-order valence-corrected chi connectivity index (χ0v) is 35.3. The maximum atomic E-state index is 13.3. The van der Waals surface area contributed by atoms with Gasteiger partial charge in [0.05, 0.1) is 17.9 Å². The van der Waals surface area contributed by atoms with E-state index in [1.54, 1.807) is 30.7 Å². The zero-order chi connectivity index (χ0) is 43.4. The Morgan fingerprint density at radius 3 is 2.36 bits per heavy atom. The van der Waals surface area contributed by atoms with Crippen LogP contribution in [0.1, 0.15) is 87.5 Å². The van der Waals surface area contributed by atoms with Crippen molar-refractivity contribution in [3.8, 4) is 0 Å². The van der Waals surface area contributed by atoms with E-state index in [9.17, 15) is 24.0 Å². The van der Waals surface area contributed by atoms with E-state index in [-0.39, 0.29) is 47.4 Å². The second-order valence-electron chi connectivity index (χ2n) is 15.4. The van der Waals surface area contributed by atoms with Gasteiger partial charge >= 0.3 is 11.4 Å². The number of nitrogens with one attached hydrogen (secondary N) is 2. The maximum Gasteiger partial charge on any atom is 0.351 e. The number of H-pyrrole nitrogens is 1. The number of carbonyl (C=O) groups excluding carboxylic acids is 2. The maximum absolute atomic E-state index is 13.3. The standard InChI is InChI=1S/C21H24N2O3.C15H14N4O.C8H11N3O3S/c1-4-17-18(19(24)16-10-13(2)9-14(3)11-16)23(21(26)22-20(17)25)12-15-7-5-6-8-15;1-9-6-8-17-14-12(9)18-15(20)11-3-2-7-16-13(11)19(14)10-4-5-10;9-5-1-2-11(8(13)10-5)6-4-15-7(3-12)14-6/h5-6,9-11,15H,4,7-8,12H2,1-3H3,(H,22,25,26);2-3,6-8,10H,4-5H2,1H3,(H,18,20);1-2,6-7,12H,3-4H2,(H2,9,10,13)/t;;6-,7+/m..0/s1. The number of benzene rings is 1. The third kappa shape index (κ3) is 9.58. The average molecular weight is 848 g/mol. The number of ether oxygens (including phenoxy) is 1. The molecule has 2 aliphatic carbocycles. The van der Waals surface area contributed by atoms with Crippen molar-refractivity contribution in [1.29, 1.82) is 0 Å². The molecule has 17 heteroatoms. The van der Waals surface area contributed by atoms with Crippen molar-refractivity contribution >= 4 is 46.6 Å². The Balaban J connectivity index is 0.000000143. The van der Waals surface area contributed by atoms with Crippen molar-refractivity contribution in [1.82, 2.24) is 29.1 Å². The number of aromatic amines is 1. The second kappa shape index (κ2) is 18.6. The van der Waals surface area contributed by atoms with E-state index >= 15 is 0 Å². The number of nitrogen functional groups attached to an aromatic ring is 1. The first-order valence-electron chi connectivity index (χ1n) is 20.2. The van der Waals surface area contributed by atoms with Crippen molar-refractivity contribution in [3.05, 3.63) is 144 Å². The number of aliphatic hydroxyl groups excluding tert-OH is 1. The Hall–Kier alpha value is -6.17. The first kappa shape index (κ1) is 42.9. The molecule has 318 valence electrons. The van der Waals surface area contributed by atoms with Gasteiger partial charge in [0.2, 0.25) is 5.78 Å². The Morgan fingerprint density at radius 2 is 1.70 bits per heavy atom. The molecule has 16 nitrogen and oxygen atoms in total. The van der Waals surface area contributed by atoms with Crippen molar-refractivity contribution in [2.75, 3.05) is 28.3 Å². The number of amides is 1. The highest BCUT2D eigenvalue weighted by Crippen LogP contribution is 2.43. The molecule has 2 aliphatic heterocycles. The van der Waals surface area contributed by atoms with Crippen LogP contribution in [-0.4, -0.2) is 69.7 Å². The van der Waals surface area contributed by atoms with Gasteiger partial charge in [-0.3, -0.25) is 28.5 Å². The lowest BCUT2D eigenvalue weighted by Crippen LogP contribution is -2.38. The van der Waals surface area contributed by atoms with Crippen molar-refractivity contribution < 1.29 is 19.4 Å². The van der Waals surface area contributed by atoms with Gasteiger partial charge in [0.15, 0.2) is 5.82 Å². The highest BCUT2D eigenvalue weighted by atomic mass is 32.2. The molecule has 0 radical (unpaired) electrons. The molecule has 5 aromatic rings. The number of aromatic nitrogens is 6. The molecular formula is C44H49N9O7S. The average Bonchev–Trinajstić information content (AvgIpc) is 3.74. The molecule has 1 saturated heterocycles. The van der Waals surface area contributed by atoms with Gasteiger partial charge < -0.3 is 25.8 Å². The quantitative estimate of drug-likeness (QED) is 0.120. The van der Waals surface area contributed by atoms with E-state index in [2.05, 4.69) is 42.3 Å². The molecule has 1 aromatic carbocycles. The minimum atomic E-state index is -0.508. The Kier molecular flexibility index (Phi) is 13.1. The van der Waals surface area contributed by atoms with Gasteiger partial charge in [-0.1, -0.05) is 36.3 Å². The molecule has 6 heterocycles. The predicted molar refractivity (Wildman–Crippen MR) is 235 cm³/mol. The number of thioether (sulfide) groups is 1. The number of rotatable bonds is 8. The van der Waals surface area contributed by atoms with Crippen LogP contribution in [0.4, 0.5) is 23.1 Å². The summed E-state index contributed by atoms with van der Waals surface area (Å²) in [5.41, 5.74) is 9.19. The van der Waals surface area contributed by atoms with Gasteiger partial charge in [-0.2, -0.15) is 4.98 Å². The molecule has 9 rings (SSSR count). The van der Waals surface area contributed by atoms with Crippen LogP contribution in [0, 0.1) is 26.7 Å². The lowest BCUT2D eigenvalue weighted by atomic mass is 9.98. The van der Waals surface area contributed by atoms with E-state index in [0.717, 1.165) is 53.9 Å². The molecule has 5 N–H and O–H groups in total. The first-order valence-corrected chi connectivity index (χ1v) is 21.3. The summed E-state index contributed by atoms with van der Waals surface area (Å²) in [6.45, 7) is 8.04. The van der Waals surface area contributed by atoms with Crippen LogP contribution < -0.4 is 32.9 Å². The number of hydrogen-bond donors (Lipinski definition) is 4. The molecule has 4 aliphatic rings. The van der Waals surface area contributed by atoms with E-state index in [1.165, 1.54) is 20.9 Å². The normalized spacial score (nSPS) is 17.9. The van der Waals surface area contributed by atoms with Crippen molar-refractivity contribution in [3.63, 3.8) is 0 Å². The lowest BCUT2D eigenvalue weighted by molar-refractivity contribution is -0.00629. The van der Waals surface area contributed by atoms with Crippen LogP contribution in [-0.2, 0) is 17.7 Å². The number of carbonyl (C=O) groups is 2. The van der Waals surface area contributed by atoms with Crippen molar-refractivity contribution in [2.45, 2.75) is 84.0 Å². The minimum absolute atomic E-state index is 0.0572. The van der Waals surface area contributed by atoms with Gasteiger partial charge in [0.25, 0.3) is 11.5 Å². The number of nitrogens with zero attached hydrogens (tertiary/aromatic N) is 6. The van der Waals surface area contributed by atoms with E-state index in [4.69, 9.17) is 15.6 Å². The van der Waals surface area contributed by atoms with Crippen LogP contribution in [0.2, 0.25) is 0 Å². The molecule has 1 amide bonds. The molecular weight excluding hydrogens is 799 g/mol. The third-order valence-corrected chi connectivity index (χ3v) is 11.8. The van der Waals surface area contributed by atoms with Crippen LogP contribution in [0.5, 0.6) is 0 Å². The summed E-state index contributed by atoms with van der Waals surface area (Å²) in [7, 11) is 0. The summed E-state index contributed by atoms with van der Waals surface area (Å²) in [5, 5.41) is 11.9. The largest absolute Gasteiger partial charge is 0.393 e. The Labute approximate surface area is 355 Å². The smallest absolute Gasteiger partial charge is 0.351 e. The van der Waals surface area contributed by atoms with Gasteiger partial charge in [-0.05, 0) is 101 Å². The molecule has 0 unspecified atom stereocenters. The fraction of sp³-hybridized carbons (Fsp3) is 0.364. The molecule has 61 heavy (non-hydrogen) atoms. The van der Waals surface area contributed by atoms with Crippen LogP contribution in [0.15, 0.2) is 87.6 Å². The van der Waals surface area contributed by atoms with E-state index < -0.39 is 16.9 Å². The number of hydrogen-bond acceptors (Lipinski definition) is 13. The summed E-state index contributed by atoms with van der Waals surface area (Å²) in [5.74, 6) is 2.23. The van der Waals surface area contributed by atoms with Crippen LogP contribution >= 0.6 is 11.8 Å². The number of fused-ring (bicyclic) bond motifs is 2. The lowest BCUT2D eigenvalue weighted by Gasteiger charge is -2.23. The third-order valence-electron chi connectivity index (χ3n) is 10.7. The summed E-state index contributed by atoms with van der Waals surface area (Å²) < 4.78 is 8.26. The molecule has 2 fully saturated rings. The molecule has 0 spiro atoms. The van der Waals surface area contributed by atoms with Gasteiger partial charge in [-0.25, -0.2) is 19.6 Å². The second-order valence-corrected chi connectivity index (χ2v) is 16.6. The minimum Gasteiger partial charge on any atom is -0.393 e. The summed E-state index contributed by atoms with van der Waals surface area (Å²) >= 11 is 1.47. The van der Waals surface area contributed by atoms with Gasteiger partial charge in [0, 0.05) is 48.1 Å². The molecule has 4 aromatic heterocycles. The number of ketones is 1. The number of nitrogens with two attached hydrogens (primary N) is 1. The SMILES string of the molecule is CCc1c(C(=O)c2cc(C)cc(C)c2)n(CC2CC=CC2)c(=O)[nH]c1=O.Cc1ccnc2c1NC(=O)c1cccnc1N2C1CC1.Nc1ccn([C@@H]2CS[C@H](CO)O2)c(=O)n1. The van der Waals surface area contributed by atoms with Crippen LogP contribution in [0.25, 0.3) is 0 Å². The molecule has 0 bridgehead atoms. The number of allylic oxidation sites excluding steroid dienone is 2. The predicted octanol–water partition coefficient (Wildman–Crippen LogP) is 4.97. The van der Waals surface area contributed by atoms with Crippen LogP contribution in [0.3, 0.4) is 0 Å².